The fourth-order valence-electron chi connectivity index (χ4n) is 6.22. The number of nitrogens with one attached hydrogen (secondary N) is 1. The summed E-state index contributed by atoms with van der Waals surface area (Å²) in [5, 5.41) is 2.98. The van der Waals surface area contributed by atoms with Gasteiger partial charge >= 0.3 is 6.61 Å². The van der Waals surface area contributed by atoms with Gasteiger partial charge in [-0.05, 0) is 61.1 Å². The van der Waals surface area contributed by atoms with Gasteiger partial charge in [0.15, 0.2) is 0 Å². The zero-order chi connectivity index (χ0) is 26.3. The van der Waals surface area contributed by atoms with Gasteiger partial charge in [0.25, 0.3) is 5.91 Å². The van der Waals surface area contributed by atoms with Crippen LogP contribution in [0.3, 0.4) is 0 Å². The molecule has 0 unspecified atom stereocenters. The molecule has 2 aromatic carbocycles. The standard InChI is InChI=1S/C28H24F3N5O2/c1-13-7-8-28(13,32)24-17(29)9-15(12-33-24)14-5-6-18-20(10-14)36-21-11-19(25(36)34-18)35-26(37)16-3-2-4-22(23(16)21)38-27(30)31/h2-6,9-10,12-13,19,21,27H,7-8,11,32H2,1H3,(H,35,37)/t13-,19+,21+,28+/m0/s1. The molecule has 4 aromatic rings. The molecule has 1 amide bonds. The fraction of sp³-hybridized carbons (Fsp3) is 0.321. The molecule has 3 aliphatic rings. The number of halogens is 3. The zero-order valence-electron chi connectivity index (χ0n) is 20.4. The van der Waals surface area contributed by atoms with Crippen LogP contribution in [0.5, 0.6) is 5.75 Å². The van der Waals surface area contributed by atoms with Crippen molar-refractivity contribution in [3.8, 4) is 16.9 Å². The summed E-state index contributed by atoms with van der Waals surface area (Å²) >= 11 is 0. The molecule has 1 aliphatic carbocycles. The number of benzene rings is 2. The fourth-order valence-corrected chi connectivity index (χ4v) is 6.22. The third-order valence-corrected chi connectivity index (χ3v) is 8.45. The van der Waals surface area contributed by atoms with Crippen LogP contribution in [0.15, 0.2) is 48.7 Å². The smallest absolute Gasteiger partial charge is 0.387 e. The lowest BCUT2D eigenvalue weighted by Crippen LogP contribution is -2.51. The second-order valence-electron chi connectivity index (χ2n) is 10.5. The number of carbonyl (C=O) groups excluding carboxylic acids is 1. The Morgan fingerprint density at radius 3 is 2.76 bits per heavy atom. The molecule has 38 heavy (non-hydrogen) atoms. The number of fused-ring (bicyclic) bond motifs is 9. The summed E-state index contributed by atoms with van der Waals surface area (Å²) in [7, 11) is 0. The molecule has 7 nitrogen and oxygen atoms in total. The summed E-state index contributed by atoms with van der Waals surface area (Å²) in [4.78, 5) is 22.1. The Hall–Kier alpha value is -3.92. The summed E-state index contributed by atoms with van der Waals surface area (Å²) in [5.74, 6) is -0.0327. The van der Waals surface area contributed by atoms with Crippen molar-refractivity contribution in [2.24, 2.45) is 11.7 Å². The highest BCUT2D eigenvalue weighted by Crippen LogP contribution is 2.48. The van der Waals surface area contributed by atoms with E-state index in [0.717, 1.165) is 17.5 Å². The van der Waals surface area contributed by atoms with E-state index in [9.17, 15) is 13.6 Å². The molecule has 0 saturated heterocycles. The van der Waals surface area contributed by atoms with Crippen LogP contribution >= 0.6 is 0 Å². The quantitative estimate of drug-likeness (QED) is 0.387. The average Bonchev–Trinajstić information content (AvgIpc) is 3.39. The van der Waals surface area contributed by atoms with Crippen LogP contribution in [0.25, 0.3) is 22.2 Å². The maximum Gasteiger partial charge on any atom is 0.387 e. The van der Waals surface area contributed by atoms with Crippen molar-refractivity contribution in [3.63, 3.8) is 0 Å². The highest BCUT2D eigenvalue weighted by atomic mass is 19.3. The third-order valence-electron chi connectivity index (χ3n) is 8.45. The molecule has 194 valence electrons. The van der Waals surface area contributed by atoms with E-state index < -0.39 is 30.1 Å². The van der Waals surface area contributed by atoms with Crippen molar-refractivity contribution in [2.45, 2.75) is 50.4 Å². The molecule has 3 N–H and O–H groups in total. The monoisotopic (exact) mass is 519 g/mol. The van der Waals surface area contributed by atoms with Crippen LogP contribution < -0.4 is 15.8 Å². The number of hydrogen-bond donors (Lipinski definition) is 2. The van der Waals surface area contributed by atoms with Crippen LogP contribution in [-0.2, 0) is 5.54 Å². The van der Waals surface area contributed by atoms with Crippen molar-refractivity contribution in [3.05, 3.63) is 77.1 Å². The molecule has 7 rings (SSSR count). The number of nitrogens with two attached hydrogens (primary N) is 1. The number of ether oxygens (including phenoxy) is 1. The van der Waals surface area contributed by atoms with Crippen LogP contribution in [0.1, 0.15) is 65.7 Å². The Morgan fingerprint density at radius 1 is 1.21 bits per heavy atom. The molecule has 0 radical (unpaired) electrons. The predicted octanol–water partition coefficient (Wildman–Crippen LogP) is 5.20. The molecular weight excluding hydrogens is 495 g/mol. The third kappa shape index (κ3) is 3.22. The topological polar surface area (TPSA) is 95.1 Å². The van der Waals surface area contributed by atoms with E-state index in [1.807, 2.05) is 29.7 Å². The number of pyridine rings is 1. The van der Waals surface area contributed by atoms with E-state index in [4.69, 9.17) is 15.5 Å². The van der Waals surface area contributed by atoms with Crippen LogP contribution in [0.4, 0.5) is 13.2 Å². The van der Waals surface area contributed by atoms with Gasteiger partial charge in [0, 0.05) is 22.9 Å². The van der Waals surface area contributed by atoms with Gasteiger partial charge in [-0.25, -0.2) is 9.37 Å². The minimum Gasteiger partial charge on any atom is -0.434 e. The molecule has 2 aromatic heterocycles. The SMILES string of the molecule is C[C@H]1CC[C@]1(N)c1ncc(-c2ccc3nc4n(c3c2)[C@@H]2C[C@H]4NC(=O)c3cccc(OC(F)F)c32)cc1F. The molecule has 10 heteroatoms. The van der Waals surface area contributed by atoms with E-state index in [0.29, 0.717) is 40.9 Å². The minimum absolute atomic E-state index is 0.0352. The summed E-state index contributed by atoms with van der Waals surface area (Å²) in [6.07, 6.45) is 3.72. The molecule has 4 heterocycles. The van der Waals surface area contributed by atoms with E-state index in [1.165, 1.54) is 18.2 Å². The van der Waals surface area contributed by atoms with E-state index in [1.54, 1.807) is 12.3 Å². The number of nitrogens with zero attached hydrogens (tertiary/aromatic N) is 3. The number of amides is 1. The summed E-state index contributed by atoms with van der Waals surface area (Å²) in [6.45, 7) is -1.03. The average molecular weight is 520 g/mol. The van der Waals surface area contributed by atoms with Crippen molar-refractivity contribution in [1.82, 2.24) is 19.9 Å². The van der Waals surface area contributed by atoms with Crippen LogP contribution in [-0.4, -0.2) is 27.1 Å². The second kappa shape index (κ2) is 8.04. The van der Waals surface area contributed by atoms with Crippen LogP contribution in [0, 0.1) is 11.7 Å². The normalized spacial score (nSPS) is 25.5. The van der Waals surface area contributed by atoms with Gasteiger partial charge < -0.3 is 20.4 Å². The van der Waals surface area contributed by atoms with Crippen molar-refractivity contribution in [1.29, 1.82) is 0 Å². The Balaban J connectivity index is 1.35. The molecule has 1 fully saturated rings. The first-order valence-electron chi connectivity index (χ1n) is 12.6. The lowest BCUT2D eigenvalue weighted by molar-refractivity contribution is -0.0507. The highest BCUT2D eigenvalue weighted by molar-refractivity contribution is 5.98. The maximum atomic E-state index is 15.2. The second-order valence-corrected chi connectivity index (χ2v) is 10.5. The first-order valence-corrected chi connectivity index (χ1v) is 12.6. The van der Waals surface area contributed by atoms with E-state index in [-0.39, 0.29) is 23.3 Å². The molecule has 2 bridgehead atoms. The maximum absolute atomic E-state index is 15.2. The summed E-state index contributed by atoms with van der Waals surface area (Å²) in [6, 6.07) is 10.8. The number of carbonyl (C=O) groups is 1. The molecular formula is C28H24F3N5O2. The first kappa shape index (κ1) is 23.2. The van der Waals surface area contributed by atoms with E-state index >= 15 is 4.39 Å². The molecule has 4 atom stereocenters. The van der Waals surface area contributed by atoms with Crippen LogP contribution in [0.2, 0.25) is 0 Å². The number of aromatic nitrogens is 3. The van der Waals surface area contributed by atoms with Gasteiger partial charge in [0.1, 0.15) is 17.4 Å². The largest absolute Gasteiger partial charge is 0.434 e. The highest BCUT2D eigenvalue weighted by Gasteiger charge is 2.45. The minimum atomic E-state index is -3.03. The number of alkyl halides is 2. The summed E-state index contributed by atoms with van der Waals surface area (Å²) in [5.41, 5.74) is 9.41. The van der Waals surface area contributed by atoms with Crippen molar-refractivity contribution >= 4 is 16.9 Å². The lowest BCUT2D eigenvalue weighted by atomic mass is 9.66. The zero-order valence-corrected chi connectivity index (χ0v) is 20.4. The Morgan fingerprint density at radius 2 is 2.05 bits per heavy atom. The number of imidazole rings is 1. The molecule has 0 spiro atoms. The summed E-state index contributed by atoms with van der Waals surface area (Å²) < 4.78 is 48.5. The number of hydrogen-bond acceptors (Lipinski definition) is 5. The van der Waals surface area contributed by atoms with Gasteiger partial charge in [-0.15, -0.1) is 0 Å². The van der Waals surface area contributed by atoms with E-state index in [2.05, 4.69) is 10.3 Å². The van der Waals surface area contributed by atoms with Gasteiger partial charge in [0.2, 0.25) is 0 Å². The van der Waals surface area contributed by atoms with Gasteiger partial charge in [-0.1, -0.05) is 19.1 Å². The van der Waals surface area contributed by atoms with Gasteiger partial charge in [-0.2, -0.15) is 8.78 Å². The van der Waals surface area contributed by atoms with Gasteiger partial charge in [0.05, 0.1) is 34.3 Å². The Labute approximate surface area is 215 Å². The van der Waals surface area contributed by atoms with Gasteiger partial charge in [-0.3, -0.25) is 9.78 Å². The number of rotatable bonds is 4. The van der Waals surface area contributed by atoms with Crippen molar-refractivity contribution < 1.29 is 22.7 Å². The predicted molar refractivity (Wildman–Crippen MR) is 133 cm³/mol. The molecule has 1 saturated carbocycles. The first-order chi connectivity index (χ1) is 18.2. The lowest BCUT2D eigenvalue weighted by Gasteiger charge is -2.44. The molecule has 2 aliphatic heterocycles. The Kier molecular flexibility index (Phi) is 4.91. The Bertz CT molecular complexity index is 1640. The van der Waals surface area contributed by atoms with Crippen molar-refractivity contribution in [2.75, 3.05) is 0 Å².